The van der Waals surface area contributed by atoms with E-state index in [1.807, 2.05) is 49.1 Å². The Hall–Kier alpha value is -1.93. The van der Waals surface area contributed by atoms with E-state index < -0.39 is 0 Å². The van der Waals surface area contributed by atoms with E-state index in [0.717, 1.165) is 49.1 Å². The molecule has 1 fully saturated rings. The average Bonchev–Trinajstić information content (AvgIpc) is 3.09. The molecule has 2 aromatic rings. The molecule has 3 N–H and O–H groups in total. The lowest BCUT2D eigenvalue weighted by atomic mass is 10.1. The number of hydrogen-bond acceptors (Lipinski definition) is 5. The Morgan fingerprint density at radius 3 is 2.83 bits per heavy atom. The van der Waals surface area contributed by atoms with Gasteiger partial charge in [0.2, 0.25) is 0 Å². The van der Waals surface area contributed by atoms with Crippen LogP contribution in [-0.4, -0.2) is 58.3 Å². The monoisotopic (exact) mass is 539 g/mol. The fourth-order valence-electron chi connectivity index (χ4n) is 3.49. The summed E-state index contributed by atoms with van der Waals surface area (Å²) >= 11 is 2.05. The smallest absolute Gasteiger partial charge is 0.193 e. The molecule has 1 aliphatic heterocycles. The molecule has 1 atom stereocenters. The highest BCUT2D eigenvalue weighted by Crippen LogP contribution is 2.22. The van der Waals surface area contributed by atoms with Crippen LogP contribution in [0.5, 0.6) is 0 Å². The molecule has 2 heterocycles. The Kier molecular flexibility index (Phi) is 9.78. The van der Waals surface area contributed by atoms with Crippen molar-refractivity contribution in [2.24, 2.45) is 4.99 Å². The van der Waals surface area contributed by atoms with E-state index in [0.29, 0.717) is 23.1 Å². The molecule has 1 aromatic carbocycles. The topological polar surface area (TPSA) is 95.3 Å². The molecule has 1 saturated heterocycles. The summed E-state index contributed by atoms with van der Waals surface area (Å²) < 4.78 is 1.65. The highest BCUT2D eigenvalue weighted by molar-refractivity contribution is 14.0. The van der Waals surface area contributed by atoms with Crippen LogP contribution in [0.1, 0.15) is 31.0 Å². The number of para-hydroxylation sites is 1. The van der Waals surface area contributed by atoms with Gasteiger partial charge in [-0.15, -0.1) is 24.0 Å². The van der Waals surface area contributed by atoms with Gasteiger partial charge in [-0.2, -0.15) is 22.1 Å². The first-order chi connectivity index (χ1) is 14.2. The molecule has 0 spiro atoms. The Balaban J connectivity index is 0.00000320. The summed E-state index contributed by atoms with van der Waals surface area (Å²) in [7, 11) is 1.83. The van der Waals surface area contributed by atoms with Crippen molar-refractivity contribution in [3.63, 3.8) is 0 Å². The molecule has 3 rings (SSSR count). The quantitative estimate of drug-likeness (QED) is 0.253. The van der Waals surface area contributed by atoms with Crippen LogP contribution in [0.4, 0.5) is 5.82 Å². The van der Waals surface area contributed by atoms with Crippen LogP contribution in [0.15, 0.2) is 35.3 Å². The molecule has 1 aliphatic rings. The number of benzene rings is 1. The van der Waals surface area contributed by atoms with Crippen molar-refractivity contribution < 1.29 is 0 Å². The number of aliphatic imine (C=N–C) groups is 1. The number of hydrogen-bond donors (Lipinski definition) is 2. The van der Waals surface area contributed by atoms with Gasteiger partial charge in [0.25, 0.3) is 0 Å². The molecule has 1 aromatic heterocycles. The number of thioether (sulfide) groups is 1. The molecule has 162 valence electrons. The van der Waals surface area contributed by atoms with E-state index >= 15 is 0 Å². The summed E-state index contributed by atoms with van der Waals surface area (Å²) in [6.45, 7) is 5.08. The highest BCUT2D eigenvalue weighted by atomic mass is 127. The van der Waals surface area contributed by atoms with E-state index in [-0.39, 0.29) is 24.0 Å². The molecule has 7 nitrogen and oxygen atoms in total. The van der Waals surface area contributed by atoms with E-state index in [4.69, 9.17) is 5.73 Å². The zero-order chi connectivity index (χ0) is 20.6. The van der Waals surface area contributed by atoms with Crippen molar-refractivity contribution in [1.82, 2.24) is 20.0 Å². The maximum absolute atomic E-state index is 9.53. The van der Waals surface area contributed by atoms with Gasteiger partial charge in [0.05, 0.1) is 11.4 Å². The first-order valence-electron chi connectivity index (χ1n) is 10.1. The number of nitriles is 1. The zero-order valence-electron chi connectivity index (χ0n) is 17.5. The van der Waals surface area contributed by atoms with Gasteiger partial charge in [-0.25, -0.2) is 4.68 Å². The second-order valence-electron chi connectivity index (χ2n) is 6.99. The van der Waals surface area contributed by atoms with E-state index in [2.05, 4.69) is 33.3 Å². The SMILES string of the molecule is CCC1CN(C(=NC)NCCCc2nn(-c3ccccc3)c(N)c2C#N)CCS1.I. The Morgan fingerprint density at radius 2 is 2.17 bits per heavy atom. The molecule has 1 unspecified atom stereocenters. The normalized spacial score (nSPS) is 16.6. The third-order valence-electron chi connectivity index (χ3n) is 5.09. The van der Waals surface area contributed by atoms with Crippen molar-refractivity contribution in [2.75, 3.05) is 38.2 Å². The van der Waals surface area contributed by atoms with Gasteiger partial charge in [0, 0.05) is 37.7 Å². The third kappa shape index (κ3) is 5.82. The van der Waals surface area contributed by atoms with Crippen molar-refractivity contribution >= 4 is 47.5 Å². The lowest BCUT2D eigenvalue weighted by Gasteiger charge is -2.34. The predicted molar refractivity (Wildman–Crippen MR) is 136 cm³/mol. The maximum Gasteiger partial charge on any atom is 0.193 e. The van der Waals surface area contributed by atoms with E-state index in [1.54, 1.807) is 4.68 Å². The number of aromatic nitrogens is 2. The number of aryl methyl sites for hydroxylation is 1. The van der Waals surface area contributed by atoms with Gasteiger partial charge < -0.3 is 16.0 Å². The van der Waals surface area contributed by atoms with Crippen molar-refractivity contribution in [3.05, 3.63) is 41.6 Å². The fraction of sp³-hybridized carbons (Fsp3) is 0.476. The van der Waals surface area contributed by atoms with Gasteiger partial charge in [0.15, 0.2) is 5.96 Å². The predicted octanol–water partition coefficient (Wildman–Crippen LogP) is 3.28. The van der Waals surface area contributed by atoms with Gasteiger partial charge in [-0.1, -0.05) is 25.1 Å². The van der Waals surface area contributed by atoms with Crippen LogP contribution in [-0.2, 0) is 6.42 Å². The third-order valence-corrected chi connectivity index (χ3v) is 6.46. The van der Waals surface area contributed by atoms with Gasteiger partial charge in [0.1, 0.15) is 17.5 Å². The van der Waals surface area contributed by atoms with Crippen molar-refractivity contribution in [1.29, 1.82) is 5.26 Å². The van der Waals surface area contributed by atoms with Gasteiger partial charge in [-0.05, 0) is 31.4 Å². The Morgan fingerprint density at radius 1 is 1.40 bits per heavy atom. The maximum atomic E-state index is 9.53. The Bertz CT molecular complexity index is 875. The van der Waals surface area contributed by atoms with Crippen molar-refractivity contribution in [2.45, 2.75) is 31.4 Å². The number of guanidine groups is 1. The summed E-state index contributed by atoms with van der Waals surface area (Å²) in [6, 6.07) is 11.9. The highest BCUT2D eigenvalue weighted by Gasteiger charge is 2.21. The van der Waals surface area contributed by atoms with E-state index in [9.17, 15) is 5.26 Å². The van der Waals surface area contributed by atoms with Crippen LogP contribution in [0.3, 0.4) is 0 Å². The van der Waals surface area contributed by atoms with Gasteiger partial charge >= 0.3 is 0 Å². The number of halogens is 1. The van der Waals surface area contributed by atoms with Crippen LogP contribution in [0, 0.1) is 11.3 Å². The minimum absolute atomic E-state index is 0. The summed E-state index contributed by atoms with van der Waals surface area (Å²) in [5.41, 5.74) is 8.25. The van der Waals surface area contributed by atoms with Crippen LogP contribution >= 0.6 is 35.7 Å². The lowest BCUT2D eigenvalue weighted by molar-refractivity contribution is 0.408. The summed E-state index contributed by atoms with van der Waals surface area (Å²) in [4.78, 5) is 6.79. The first-order valence-corrected chi connectivity index (χ1v) is 11.1. The van der Waals surface area contributed by atoms with Gasteiger partial charge in [-0.3, -0.25) is 4.99 Å². The summed E-state index contributed by atoms with van der Waals surface area (Å²) in [6.07, 6.45) is 2.71. The number of nitrogens with one attached hydrogen (secondary N) is 1. The minimum Gasteiger partial charge on any atom is -0.382 e. The zero-order valence-corrected chi connectivity index (χ0v) is 20.7. The largest absolute Gasteiger partial charge is 0.382 e. The number of anilines is 1. The first kappa shape index (κ1) is 24.3. The van der Waals surface area contributed by atoms with Crippen LogP contribution < -0.4 is 11.1 Å². The van der Waals surface area contributed by atoms with E-state index in [1.165, 1.54) is 6.42 Å². The second-order valence-corrected chi connectivity index (χ2v) is 8.40. The fourth-order valence-corrected chi connectivity index (χ4v) is 4.67. The minimum atomic E-state index is 0. The average molecular weight is 539 g/mol. The number of nitrogens with zero attached hydrogens (tertiary/aromatic N) is 5. The molecular formula is C21H30IN7S. The van der Waals surface area contributed by atoms with Crippen LogP contribution in [0.25, 0.3) is 5.69 Å². The summed E-state index contributed by atoms with van der Waals surface area (Å²) in [5.74, 6) is 2.49. The molecule has 0 bridgehead atoms. The lowest BCUT2D eigenvalue weighted by Crippen LogP contribution is -2.48. The number of rotatable bonds is 6. The standard InChI is InChI=1S/C21H29N7S.HI/c1-3-17-15-27(12-13-29-17)21(24-2)25-11-7-10-19-18(14-22)20(23)28(26-19)16-8-5-4-6-9-16;/h4-6,8-9,17H,3,7,10-13,15,23H2,1-2H3,(H,24,25);1H. The molecule has 0 amide bonds. The second kappa shape index (κ2) is 12.1. The van der Waals surface area contributed by atoms with Crippen molar-refractivity contribution in [3.8, 4) is 11.8 Å². The Labute approximate surface area is 200 Å². The molecule has 0 radical (unpaired) electrons. The molecule has 0 aliphatic carbocycles. The molecule has 0 saturated carbocycles. The molecule has 9 heteroatoms. The molecular weight excluding hydrogens is 509 g/mol. The number of nitrogens with two attached hydrogens (primary N) is 1. The summed E-state index contributed by atoms with van der Waals surface area (Å²) in [5, 5.41) is 18.3. The number of nitrogen functional groups attached to an aromatic ring is 1. The molecule has 30 heavy (non-hydrogen) atoms. The van der Waals surface area contributed by atoms with Crippen LogP contribution in [0.2, 0.25) is 0 Å².